The molecule has 2 nitrogen and oxygen atoms in total. The van der Waals surface area contributed by atoms with Gasteiger partial charge >= 0.3 is 0 Å². The van der Waals surface area contributed by atoms with Crippen molar-refractivity contribution >= 4 is 0 Å². The fourth-order valence-electron chi connectivity index (χ4n) is 3.40. The number of aliphatic hydroxyl groups is 1. The molecule has 2 aliphatic carbocycles. The van der Waals surface area contributed by atoms with Gasteiger partial charge in [0.1, 0.15) is 0 Å². The molecule has 0 bridgehead atoms. The van der Waals surface area contributed by atoms with Crippen LogP contribution in [0, 0.1) is 11.8 Å². The van der Waals surface area contributed by atoms with Crippen molar-refractivity contribution in [2.24, 2.45) is 11.8 Å². The van der Waals surface area contributed by atoms with Crippen molar-refractivity contribution in [2.75, 3.05) is 6.54 Å². The number of aliphatic hydroxyl groups excluding tert-OH is 1. The second-order valence-corrected chi connectivity index (χ2v) is 6.44. The predicted molar refractivity (Wildman–Crippen MR) is 72.0 cm³/mol. The van der Waals surface area contributed by atoms with E-state index >= 15 is 0 Å². The van der Waals surface area contributed by atoms with Crippen LogP contribution in [0.4, 0.5) is 0 Å². The molecule has 0 aromatic carbocycles. The van der Waals surface area contributed by atoms with E-state index in [1.165, 1.54) is 32.2 Å². The molecule has 1 N–H and O–H groups in total. The Bertz CT molecular complexity index is 237. The van der Waals surface area contributed by atoms with E-state index in [-0.39, 0.29) is 6.10 Å². The number of hydrogen-bond donors (Lipinski definition) is 1. The highest BCUT2D eigenvalue weighted by Gasteiger charge is 2.36. The zero-order chi connectivity index (χ0) is 12.4. The van der Waals surface area contributed by atoms with Crippen molar-refractivity contribution in [3.63, 3.8) is 0 Å². The number of nitrogens with zero attached hydrogens (tertiary/aromatic N) is 1. The Balaban J connectivity index is 2.01. The molecule has 17 heavy (non-hydrogen) atoms. The summed E-state index contributed by atoms with van der Waals surface area (Å²) in [7, 11) is 0. The van der Waals surface area contributed by atoms with E-state index < -0.39 is 0 Å². The van der Waals surface area contributed by atoms with E-state index in [4.69, 9.17) is 0 Å². The van der Waals surface area contributed by atoms with Gasteiger partial charge < -0.3 is 5.11 Å². The summed E-state index contributed by atoms with van der Waals surface area (Å²) >= 11 is 0. The van der Waals surface area contributed by atoms with Crippen molar-refractivity contribution in [1.29, 1.82) is 0 Å². The first-order valence-electron chi connectivity index (χ1n) is 7.55. The van der Waals surface area contributed by atoms with Crippen molar-refractivity contribution in [1.82, 2.24) is 4.90 Å². The summed E-state index contributed by atoms with van der Waals surface area (Å²) in [6.45, 7) is 8.21. The van der Waals surface area contributed by atoms with E-state index in [1.807, 2.05) is 0 Å². The molecule has 100 valence electrons. The van der Waals surface area contributed by atoms with Crippen LogP contribution in [0.3, 0.4) is 0 Å². The molecule has 2 saturated carbocycles. The van der Waals surface area contributed by atoms with Gasteiger partial charge in [0, 0.05) is 18.6 Å². The zero-order valence-electron chi connectivity index (χ0n) is 11.7. The second kappa shape index (κ2) is 5.71. The van der Waals surface area contributed by atoms with Gasteiger partial charge in [-0.3, -0.25) is 4.90 Å². The van der Waals surface area contributed by atoms with Gasteiger partial charge in [-0.05, 0) is 57.8 Å². The lowest BCUT2D eigenvalue weighted by atomic mass is 9.80. The Morgan fingerprint density at radius 3 is 2.41 bits per heavy atom. The number of hydrogen-bond acceptors (Lipinski definition) is 2. The topological polar surface area (TPSA) is 23.5 Å². The van der Waals surface area contributed by atoms with Crippen LogP contribution in [-0.2, 0) is 0 Å². The molecule has 0 radical (unpaired) electrons. The van der Waals surface area contributed by atoms with Gasteiger partial charge in [0.15, 0.2) is 0 Å². The highest BCUT2D eigenvalue weighted by Crippen LogP contribution is 2.36. The SMILES string of the molecule is CCC1CCC(O)CC1N(CC1CC1)C(C)C. The molecule has 2 fully saturated rings. The maximum absolute atomic E-state index is 9.95. The van der Waals surface area contributed by atoms with E-state index in [1.54, 1.807) is 0 Å². The molecule has 3 unspecified atom stereocenters. The first kappa shape index (κ1) is 13.4. The predicted octanol–water partition coefficient (Wildman–Crippen LogP) is 3.05. The quantitative estimate of drug-likeness (QED) is 0.797. The largest absolute Gasteiger partial charge is 0.393 e. The van der Waals surface area contributed by atoms with E-state index in [0.29, 0.717) is 12.1 Å². The number of rotatable bonds is 5. The van der Waals surface area contributed by atoms with Gasteiger partial charge in [0.25, 0.3) is 0 Å². The molecule has 0 spiro atoms. The van der Waals surface area contributed by atoms with Crippen LogP contribution in [0.1, 0.15) is 59.3 Å². The third-order valence-corrected chi connectivity index (χ3v) is 4.71. The van der Waals surface area contributed by atoms with Crippen molar-refractivity contribution in [2.45, 2.75) is 77.5 Å². The van der Waals surface area contributed by atoms with Crippen LogP contribution in [0.15, 0.2) is 0 Å². The minimum absolute atomic E-state index is 0.0525. The Morgan fingerprint density at radius 2 is 1.88 bits per heavy atom. The van der Waals surface area contributed by atoms with Gasteiger partial charge in [-0.1, -0.05) is 13.3 Å². The Morgan fingerprint density at radius 1 is 1.18 bits per heavy atom. The minimum Gasteiger partial charge on any atom is -0.393 e. The lowest BCUT2D eigenvalue weighted by Crippen LogP contribution is -2.49. The zero-order valence-corrected chi connectivity index (χ0v) is 11.7. The lowest BCUT2D eigenvalue weighted by Gasteiger charge is -2.43. The van der Waals surface area contributed by atoms with Crippen LogP contribution in [0.5, 0.6) is 0 Å². The summed E-state index contributed by atoms with van der Waals surface area (Å²) in [5.41, 5.74) is 0. The van der Waals surface area contributed by atoms with Crippen LogP contribution in [-0.4, -0.2) is 34.7 Å². The normalized spacial score (nSPS) is 34.6. The minimum atomic E-state index is -0.0525. The molecule has 0 heterocycles. The van der Waals surface area contributed by atoms with E-state index in [0.717, 1.165) is 24.7 Å². The Labute approximate surface area is 106 Å². The van der Waals surface area contributed by atoms with Gasteiger partial charge in [-0.2, -0.15) is 0 Å². The van der Waals surface area contributed by atoms with Crippen LogP contribution in [0.25, 0.3) is 0 Å². The van der Waals surface area contributed by atoms with Gasteiger partial charge in [0.05, 0.1) is 6.10 Å². The fourth-order valence-corrected chi connectivity index (χ4v) is 3.40. The van der Waals surface area contributed by atoms with Gasteiger partial charge in [-0.25, -0.2) is 0 Å². The summed E-state index contributed by atoms with van der Waals surface area (Å²) in [4.78, 5) is 2.69. The maximum atomic E-state index is 9.95. The monoisotopic (exact) mass is 239 g/mol. The van der Waals surface area contributed by atoms with Crippen molar-refractivity contribution in [3.8, 4) is 0 Å². The standard InChI is InChI=1S/C15H29NO/c1-4-13-7-8-14(17)9-15(13)16(11(2)3)10-12-5-6-12/h11-15,17H,4-10H2,1-3H3. The van der Waals surface area contributed by atoms with Crippen molar-refractivity contribution in [3.05, 3.63) is 0 Å². The van der Waals surface area contributed by atoms with E-state index in [2.05, 4.69) is 25.7 Å². The molecular weight excluding hydrogens is 210 g/mol. The van der Waals surface area contributed by atoms with Gasteiger partial charge in [0.2, 0.25) is 0 Å². The van der Waals surface area contributed by atoms with Crippen LogP contribution in [0.2, 0.25) is 0 Å². The average Bonchev–Trinajstić information content (AvgIpc) is 3.09. The molecule has 2 rings (SSSR count). The van der Waals surface area contributed by atoms with Crippen LogP contribution >= 0.6 is 0 Å². The summed E-state index contributed by atoms with van der Waals surface area (Å²) in [6.07, 6.45) is 7.31. The second-order valence-electron chi connectivity index (χ2n) is 6.44. The summed E-state index contributed by atoms with van der Waals surface area (Å²) in [6, 6.07) is 1.25. The fraction of sp³-hybridized carbons (Fsp3) is 1.00. The maximum Gasteiger partial charge on any atom is 0.0555 e. The Hall–Kier alpha value is -0.0800. The average molecular weight is 239 g/mol. The van der Waals surface area contributed by atoms with Gasteiger partial charge in [-0.15, -0.1) is 0 Å². The molecule has 0 aromatic heterocycles. The molecule has 2 aliphatic rings. The highest BCUT2D eigenvalue weighted by atomic mass is 16.3. The molecule has 3 atom stereocenters. The summed E-state index contributed by atoms with van der Waals surface area (Å²) in [5.74, 6) is 1.76. The molecule has 0 aliphatic heterocycles. The van der Waals surface area contributed by atoms with Crippen LogP contribution < -0.4 is 0 Å². The molecule has 0 aromatic rings. The first-order valence-corrected chi connectivity index (χ1v) is 7.55. The Kier molecular flexibility index (Phi) is 4.48. The van der Waals surface area contributed by atoms with E-state index in [9.17, 15) is 5.11 Å². The molecule has 0 saturated heterocycles. The molecule has 2 heteroatoms. The smallest absolute Gasteiger partial charge is 0.0555 e. The first-order chi connectivity index (χ1) is 8.11. The summed E-state index contributed by atoms with van der Waals surface area (Å²) in [5, 5.41) is 9.95. The highest BCUT2D eigenvalue weighted by molar-refractivity contribution is 4.90. The third-order valence-electron chi connectivity index (χ3n) is 4.71. The third kappa shape index (κ3) is 3.45. The summed E-state index contributed by atoms with van der Waals surface area (Å²) < 4.78 is 0. The van der Waals surface area contributed by atoms with Crippen molar-refractivity contribution < 1.29 is 5.11 Å². The molecule has 0 amide bonds. The lowest BCUT2D eigenvalue weighted by molar-refractivity contribution is 0.00943. The molecular formula is C15H29NO.